The third kappa shape index (κ3) is 4.66. The molecule has 3 heterocycles. The number of hydrogen-bond donors (Lipinski definition) is 0. The number of aryl methyl sites for hydroxylation is 1. The van der Waals surface area contributed by atoms with Crippen LogP contribution in [0.1, 0.15) is 32.8 Å². The number of pyridine rings is 1. The zero-order chi connectivity index (χ0) is 22.0. The van der Waals surface area contributed by atoms with Crippen molar-refractivity contribution in [3.05, 3.63) is 54.4 Å². The average Bonchev–Trinajstić information content (AvgIpc) is 3.16. The first-order valence-corrected chi connectivity index (χ1v) is 11.7. The summed E-state index contributed by atoms with van der Waals surface area (Å²) in [5.41, 5.74) is 3.02. The number of carbonyl (C=O) groups excluding carboxylic acids is 1. The van der Waals surface area contributed by atoms with Crippen LogP contribution in [-0.4, -0.2) is 48.9 Å². The van der Waals surface area contributed by atoms with Crippen LogP contribution in [-0.2, 0) is 4.79 Å². The molecule has 3 aromatic rings. The first-order chi connectivity index (χ1) is 14.9. The summed E-state index contributed by atoms with van der Waals surface area (Å²) in [5.74, 6) is 1.98. The highest BCUT2D eigenvalue weighted by atomic mass is 32.2. The lowest BCUT2D eigenvalue weighted by Crippen LogP contribution is -2.45. The van der Waals surface area contributed by atoms with E-state index in [1.807, 2.05) is 40.7 Å². The quantitative estimate of drug-likeness (QED) is 0.547. The van der Waals surface area contributed by atoms with Crippen molar-refractivity contribution >= 4 is 17.7 Å². The Balaban J connectivity index is 1.66. The van der Waals surface area contributed by atoms with Crippen LogP contribution in [0.2, 0.25) is 0 Å². The third-order valence-corrected chi connectivity index (χ3v) is 6.75. The smallest absolute Gasteiger partial charge is 0.235 e. The van der Waals surface area contributed by atoms with E-state index in [4.69, 9.17) is 0 Å². The third-order valence-electron chi connectivity index (χ3n) is 5.72. The number of nitrogens with zero attached hydrogens (tertiary/aromatic N) is 5. The van der Waals surface area contributed by atoms with E-state index in [-0.39, 0.29) is 11.2 Å². The van der Waals surface area contributed by atoms with Crippen molar-refractivity contribution in [1.29, 1.82) is 0 Å². The van der Waals surface area contributed by atoms with Gasteiger partial charge in [-0.1, -0.05) is 43.8 Å². The van der Waals surface area contributed by atoms with Crippen molar-refractivity contribution < 1.29 is 4.79 Å². The van der Waals surface area contributed by atoms with Gasteiger partial charge in [-0.15, -0.1) is 10.2 Å². The molecule has 162 valence electrons. The molecule has 31 heavy (non-hydrogen) atoms. The molecule has 7 heteroatoms. The van der Waals surface area contributed by atoms with Gasteiger partial charge in [0.15, 0.2) is 11.0 Å². The molecule has 4 rings (SSSR count). The molecular formula is C24H29N5OS. The van der Waals surface area contributed by atoms with E-state index < -0.39 is 0 Å². The molecule has 0 N–H and O–H groups in total. The highest BCUT2D eigenvalue weighted by molar-refractivity contribution is 8.00. The highest BCUT2D eigenvalue weighted by Crippen LogP contribution is 2.32. The SMILES string of the molecule is Cc1ccccc1-n1c(S[C@H](C)C(=O)N2C[C@H](C)C[C@@H](C)C2)nnc1-c1cccnc1. The summed E-state index contributed by atoms with van der Waals surface area (Å²) in [4.78, 5) is 19.5. The fourth-order valence-electron chi connectivity index (χ4n) is 4.37. The van der Waals surface area contributed by atoms with E-state index >= 15 is 0 Å². The van der Waals surface area contributed by atoms with Gasteiger partial charge in [-0.2, -0.15) is 0 Å². The maximum absolute atomic E-state index is 13.2. The number of benzene rings is 1. The van der Waals surface area contributed by atoms with Gasteiger partial charge in [0.2, 0.25) is 5.91 Å². The molecule has 1 fully saturated rings. The van der Waals surface area contributed by atoms with Crippen molar-refractivity contribution in [2.45, 2.75) is 44.5 Å². The Morgan fingerprint density at radius 2 is 1.84 bits per heavy atom. The van der Waals surface area contributed by atoms with E-state index in [1.165, 1.54) is 18.2 Å². The molecule has 2 aromatic heterocycles. The summed E-state index contributed by atoms with van der Waals surface area (Å²) >= 11 is 1.47. The topological polar surface area (TPSA) is 63.9 Å². The number of likely N-dealkylation sites (tertiary alicyclic amines) is 1. The van der Waals surface area contributed by atoms with Crippen molar-refractivity contribution in [3.8, 4) is 17.1 Å². The Morgan fingerprint density at radius 1 is 1.10 bits per heavy atom. The molecule has 0 bridgehead atoms. The molecular weight excluding hydrogens is 406 g/mol. The second-order valence-electron chi connectivity index (χ2n) is 8.62. The predicted octanol–water partition coefficient (Wildman–Crippen LogP) is 4.62. The maximum Gasteiger partial charge on any atom is 0.235 e. The number of thioether (sulfide) groups is 1. The molecule has 6 nitrogen and oxygen atoms in total. The number of carbonyl (C=O) groups is 1. The van der Waals surface area contributed by atoms with Crippen LogP contribution in [0.4, 0.5) is 0 Å². The number of para-hydroxylation sites is 1. The standard InChI is InChI=1S/C24H29N5OS/c1-16-12-17(2)15-28(14-16)23(30)19(4)31-24-27-26-22(20-9-7-11-25-13-20)29(24)21-10-6-5-8-18(21)3/h5-11,13,16-17,19H,12,14-15H2,1-4H3/t16-,17-,19-/m1/s1. The van der Waals surface area contributed by atoms with Crippen molar-refractivity contribution in [2.75, 3.05) is 13.1 Å². The van der Waals surface area contributed by atoms with Crippen LogP contribution in [0.15, 0.2) is 53.9 Å². The second kappa shape index (κ2) is 9.22. The van der Waals surface area contributed by atoms with Crippen LogP contribution < -0.4 is 0 Å². The van der Waals surface area contributed by atoms with Gasteiger partial charge >= 0.3 is 0 Å². The molecule has 0 saturated carbocycles. The first kappa shape index (κ1) is 21.6. The van der Waals surface area contributed by atoms with Gasteiger partial charge in [-0.05, 0) is 55.9 Å². The second-order valence-corrected chi connectivity index (χ2v) is 9.93. The first-order valence-electron chi connectivity index (χ1n) is 10.8. The number of piperidine rings is 1. The van der Waals surface area contributed by atoms with E-state index in [0.717, 1.165) is 35.7 Å². The number of rotatable bonds is 5. The average molecular weight is 436 g/mol. The number of aromatic nitrogens is 4. The van der Waals surface area contributed by atoms with Gasteiger partial charge in [-0.3, -0.25) is 14.3 Å². The fourth-order valence-corrected chi connectivity index (χ4v) is 5.31. The van der Waals surface area contributed by atoms with Gasteiger partial charge < -0.3 is 4.90 Å². The number of hydrogen-bond acceptors (Lipinski definition) is 5. The zero-order valence-corrected chi connectivity index (χ0v) is 19.3. The molecule has 1 aromatic carbocycles. The van der Waals surface area contributed by atoms with Crippen LogP contribution in [0.3, 0.4) is 0 Å². The Hall–Kier alpha value is -2.67. The van der Waals surface area contributed by atoms with E-state index in [9.17, 15) is 4.79 Å². The molecule has 0 aliphatic carbocycles. The van der Waals surface area contributed by atoms with Crippen molar-refractivity contribution in [3.63, 3.8) is 0 Å². The van der Waals surface area contributed by atoms with E-state index in [2.05, 4.69) is 48.1 Å². The maximum atomic E-state index is 13.2. The summed E-state index contributed by atoms with van der Waals surface area (Å²) in [6.45, 7) is 10.2. The van der Waals surface area contributed by atoms with Gasteiger partial charge in [-0.25, -0.2) is 0 Å². The molecule has 0 unspecified atom stereocenters. The minimum Gasteiger partial charge on any atom is -0.341 e. The molecule has 0 radical (unpaired) electrons. The highest BCUT2D eigenvalue weighted by Gasteiger charge is 2.30. The molecule has 0 spiro atoms. The van der Waals surface area contributed by atoms with Gasteiger partial charge in [0.25, 0.3) is 0 Å². The summed E-state index contributed by atoms with van der Waals surface area (Å²) in [6.07, 6.45) is 4.72. The van der Waals surface area contributed by atoms with Gasteiger partial charge in [0, 0.05) is 31.0 Å². The Bertz CT molecular complexity index is 1040. The molecule has 3 atom stereocenters. The van der Waals surface area contributed by atoms with Crippen LogP contribution in [0.5, 0.6) is 0 Å². The Morgan fingerprint density at radius 3 is 2.52 bits per heavy atom. The van der Waals surface area contributed by atoms with Gasteiger partial charge in [0.1, 0.15) is 0 Å². The molecule has 1 aliphatic heterocycles. The van der Waals surface area contributed by atoms with Gasteiger partial charge in [0.05, 0.1) is 10.9 Å². The fraction of sp³-hybridized carbons (Fsp3) is 0.417. The lowest BCUT2D eigenvalue weighted by molar-refractivity contribution is -0.132. The zero-order valence-electron chi connectivity index (χ0n) is 18.5. The molecule has 1 aliphatic rings. The predicted molar refractivity (Wildman–Crippen MR) is 124 cm³/mol. The summed E-state index contributed by atoms with van der Waals surface area (Å²) in [6, 6.07) is 12.0. The summed E-state index contributed by atoms with van der Waals surface area (Å²) < 4.78 is 2.04. The lowest BCUT2D eigenvalue weighted by atomic mass is 9.92. The minimum atomic E-state index is -0.244. The van der Waals surface area contributed by atoms with Crippen LogP contribution in [0, 0.1) is 18.8 Å². The van der Waals surface area contributed by atoms with E-state index in [0.29, 0.717) is 17.0 Å². The van der Waals surface area contributed by atoms with E-state index in [1.54, 1.807) is 12.4 Å². The normalized spacial score (nSPS) is 19.9. The summed E-state index contributed by atoms with van der Waals surface area (Å²) in [5, 5.41) is 9.44. The van der Waals surface area contributed by atoms with Crippen molar-refractivity contribution in [1.82, 2.24) is 24.6 Å². The monoisotopic (exact) mass is 435 g/mol. The summed E-state index contributed by atoms with van der Waals surface area (Å²) in [7, 11) is 0. The number of amides is 1. The minimum absolute atomic E-state index is 0.172. The molecule has 1 saturated heterocycles. The largest absolute Gasteiger partial charge is 0.341 e. The Labute approximate surface area is 188 Å². The Kier molecular flexibility index (Phi) is 6.41. The van der Waals surface area contributed by atoms with Crippen LogP contribution >= 0.6 is 11.8 Å². The van der Waals surface area contributed by atoms with Crippen molar-refractivity contribution in [2.24, 2.45) is 11.8 Å². The van der Waals surface area contributed by atoms with Crippen LogP contribution in [0.25, 0.3) is 17.1 Å². The molecule has 1 amide bonds. The lowest BCUT2D eigenvalue weighted by Gasteiger charge is -2.36.